The molecule has 0 bridgehead atoms. The zero-order valence-corrected chi connectivity index (χ0v) is 20.6. The van der Waals surface area contributed by atoms with Gasteiger partial charge < -0.3 is 9.32 Å². The first-order chi connectivity index (χ1) is 17.2. The van der Waals surface area contributed by atoms with Crippen molar-refractivity contribution in [3.05, 3.63) is 82.9 Å². The second kappa shape index (κ2) is 9.16. The van der Waals surface area contributed by atoms with Gasteiger partial charge in [0, 0.05) is 28.9 Å². The van der Waals surface area contributed by atoms with Crippen LogP contribution in [0.2, 0.25) is 0 Å². The molecule has 0 N–H and O–H groups in total. The Bertz CT molecular complexity index is 1490. The fraction of sp³-hybridized carbons (Fsp3) is 0.154. The normalized spacial score (nSPS) is 12.8. The lowest BCUT2D eigenvalue weighted by atomic mass is 10.1. The number of aromatic nitrogens is 4. The molecule has 0 aliphatic carbocycles. The molecule has 6 rings (SSSR count). The first-order valence-corrected chi connectivity index (χ1v) is 13.1. The zero-order chi connectivity index (χ0) is 23.8. The first kappa shape index (κ1) is 21.8. The van der Waals surface area contributed by atoms with E-state index >= 15 is 0 Å². The molecule has 9 heteroatoms. The molecule has 1 aliphatic heterocycles. The van der Waals surface area contributed by atoms with Crippen LogP contribution in [0, 0.1) is 6.92 Å². The molecule has 0 atom stereocenters. The predicted molar refractivity (Wildman–Crippen MR) is 138 cm³/mol. The molecule has 2 aromatic carbocycles. The summed E-state index contributed by atoms with van der Waals surface area (Å²) in [4.78, 5) is 19.7. The summed E-state index contributed by atoms with van der Waals surface area (Å²) in [5, 5.41) is 12.5. The molecule has 0 saturated carbocycles. The molecule has 174 valence electrons. The second-order valence-electron chi connectivity index (χ2n) is 8.13. The summed E-state index contributed by atoms with van der Waals surface area (Å²) in [7, 11) is 0. The highest BCUT2D eigenvalue weighted by Gasteiger charge is 2.26. The van der Waals surface area contributed by atoms with Gasteiger partial charge in [0.05, 0.1) is 22.7 Å². The van der Waals surface area contributed by atoms with Gasteiger partial charge in [-0.1, -0.05) is 36.0 Å². The average molecular weight is 500 g/mol. The lowest BCUT2D eigenvalue weighted by Gasteiger charge is -2.17. The van der Waals surface area contributed by atoms with Gasteiger partial charge in [-0.3, -0.25) is 9.36 Å². The smallest absolute Gasteiger partial charge is 0.237 e. The van der Waals surface area contributed by atoms with Gasteiger partial charge in [-0.25, -0.2) is 4.98 Å². The number of fused-ring (bicyclic) bond motifs is 1. The van der Waals surface area contributed by atoms with Crippen molar-refractivity contribution in [2.75, 3.05) is 17.2 Å². The Labute approximate surface area is 210 Å². The van der Waals surface area contributed by atoms with Gasteiger partial charge in [-0.2, -0.15) is 0 Å². The van der Waals surface area contributed by atoms with Crippen LogP contribution in [-0.2, 0) is 11.2 Å². The van der Waals surface area contributed by atoms with E-state index in [9.17, 15) is 4.79 Å². The summed E-state index contributed by atoms with van der Waals surface area (Å²) in [6, 6.07) is 19.8. The van der Waals surface area contributed by atoms with Crippen LogP contribution in [0.25, 0.3) is 28.5 Å². The quantitative estimate of drug-likeness (QED) is 0.281. The Morgan fingerprint density at radius 1 is 1.11 bits per heavy atom. The van der Waals surface area contributed by atoms with Crippen molar-refractivity contribution in [3.8, 4) is 28.5 Å². The SMILES string of the molecule is Cc1nc(-c2ccc3c(c2)CCN3C(=O)CSc2nnc(-c3ccco3)n2-c2ccccc2)cs1. The van der Waals surface area contributed by atoms with Crippen LogP contribution in [0.5, 0.6) is 0 Å². The van der Waals surface area contributed by atoms with E-state index in [1.165, 1.54) is 17.3 Å². The molecule has 4 heterocycles. The van der Waals surface area contributed by atoms with E-state index in [1.807, 2.05) is 71.0 Å². The van der Waals surface area contributed by atoms with Crippen LogP contribution in [0.15, 0.2) is 81.9 Å². The topological polar surface area (TPSA) is 77.1 Å². The third kappa shape index (κ3) is 4.17. The predicted octanol–water partition coefficient (Wildman–Crippen LogP) is 5.64. The minimum atomic E-state index is 0.0492. The summed E-state index contributed by atoms with van der Waals surface area (Å²) >= 11 is 3.03. The molecule has 35 heavy (non-hydrogen) atoms. The monoisotopic (exact) mass is 499 g/mol. The fourth-order valence-electron chi connectivity index (χ4n) is 4.26. The van der Waals surface area contributed by atoms with Crippen molar-refractivity contribution in [2.24, 2.45) is 0 Å². The minimum Gasteiger partial charge on any atom is -0.461 e. The van der Waals surface area contributed by atoms with Gasteiger partial charge in [-0.15, -0.1) is 21.5 Å². The minimum absolute atomic E-state index is 0.0492. The van der Waals surface area contributed by atoms with Crippen LogP contribution in [-0.4, -0.2) is 38.0 Å². The van der Waals surface area contributed by atoms with Crippen molar-refractivity contribution < 1.29 is 9.21 Å². The van der Waals surface area contributed by atoms with Crippen molar-refractivity contribution in [1.29, 1.82) is 0 Å². The van der Waals surface area contributed by atoms with E-state index in [0.717, 1.165) is 34.1 Å². The van der Waals surface area contributed by atoms with Gasteiger partial charge >= 0.3 is 0 Å². The number of hydrogen-bond acceptors (Lipinski definition) is 7. The Balaban J connectivity index is 1.22. The standard InChI is InChI=1S/C26H21N5O2S2/c1-17-27-21(15-34-17)18-9-10-22-19(14-18)11-12-30(22)24(32)16-35-26-29-28-25(23-8-5-13-33-23)31(26)20-6-3-2-4-7-20/h2-10,13-15H,11-12,16H2,1H3. The third-order valence-corrected chi connectivity index (χ3v) is 7.59. The summed E-state index contributed by atoms with van der Waals surface area (Å²) in [6.07, 6.45) is 2.45. The molecule has 1 amide bonds. The Kier molecular flexibility index (Phi) is 5.71. The molecule has 5 aromatic rings. The molecule has 0 spiro atoms. The number of benzene rings is 2. The molecular formula is C26H21N5O2S2. The second-order valence-corrected chi connectivity index (χ2v) is 10.1. The van der Waals surface area contributed by atoms with Crippen LogP contribution in [0.1, 0.15) is 10.6 Å². The molecule has 7 nitrogen and oxygen atoms in total. The van der Waals surface area contributed by atoms with Crippen molar-refractivity contribution in [1.82, 2.24) is 19.7 Å². The number of anilines is 1. The number of furan rings is 1. The van der Waals surface area contributed by atoms with Crippen LogP contribution < -0.4 is 4.90 Å². The number of carbonyl (C=O) groups excluding carboxylic acids is 1. The number of thioether (sulfide) groups is 1. The number of aryl methyl sites for hydroxylation is 1. The van der Waals surface area contributed by atoms with E-state index in [-0.39, 0.29) is 11.7 Å². The lowest BCUT2D eigenvalue weighted by molar-refractivity contribution is -0.116. The summed E-state index contributed by atoms with van der Waals surface area (Å²) in [5.74, 6) is 1.54. The number of thiazole rings is 1. The number of carbonyl (C=O) groups is 1. The van der Waals surface area contributed by atoms with Gasteiger partial charge in [-0.05, 0) is 55.3 Å². The molecule has 0 fully saturated rings. The molecular weight excluding hydrogens is 478 g/mol. The zero-order valence-electron chi connectivity index (χ0n) is 18.9. The number of rotatable bonds is 6. The first-order valence-electron chi connectivity index (χ1n) is 11.2. The van der Waals surface area contributed by atoms with Crippen LogP contribution in [0.3, 0.4) is 0 Å². The lowest BCUT2D eigenvalue weighted by Crippen LogP contribution is -2.30. The Hall–Kier alpha value is -3.69. The maximum Gasteiger partial charge on any atom is 0.237 e. The largest absolute Gasteiger partial charge is 0.461 e. The van der Waals surface area contributed by atoms with Crippen molar-refractivity contribution in [3.63, 3.8) is 0 Å². The highest BCUT2D eigenvalue weighted by atomic mass is 32.2. The highest BCUT2D eigenvalue weighted by Crippen LogP contribution is 2.34. The number of para-hydroxylation sites is 1. The van der Waals surface area contributed by atoms with Crippen LogP contribution >= 0.6 is 23.1 Å². The molecule has 1 aliphatic rings. The van der Waals surface area contributed by atoms with E-state index in [1.54, 1.807) is 17.6 Å². The fourth-order valence-corrected chi connectivity index (χ4v) is 5.71. The van der Waals surface area contributed by atoms with E-state index < -0.39 is 0 Å². The van der Waals surface area contributed by atoms with Gasteiger partial charge in [0.1, 0.15) is 0 Å². The molecule has 3 aromatic heterocycles. The molecule has 0 radical (unpaired) electrons. The van der Waals surface area contributed by atoms with Crippen molar-refractivity contribution in [2.45, 2.75) is 18.5 Å². The van der Waals surface area contributed by atoms with E-state index in [4.69, 9.17) is 4.42 Å². The Morgan fingerprint density at radius 2 is 2.00 bits per heavy atom. The van der Waals surface area contributed by atoms with Gasteiger partial charge in [0.15, 0.2) is 10.9 Å². The number of hydrogen-bond donors (Lipinski definition) is 0. The number of nitrogens with zero attached hydrogens (tertiary/aromatic N) is 5. The summed E-state index contributed by atoms with van der Waals surface area (Å²) in [5.41, 5.74) is 5.16. The Morgan fingerprint density at radius 3 is 2.77 bits per heavy atom. The summed E-state index contributed by atoms with van der Waals surface area (Å²) in [6.45, 7) is 2.69. The molecule has 0 unspecified atom stereocenters. The van der Waals surface area contributed by atoms with Gasteiger partial charge in [0.2, 0.25) is 11.7 Å². The maximum atomic E-state index is 13.2. The molecule has 0 saturated heterocycles. The van der Waals surface area contributed by atoms with Crippen molar-refractivity contribution >= 4 is 34.7 Å². The van der Waals surface area contributed by atoms with Gasteiger partial charge in [0.25, 0.3) is 0 Å². The average Bonchev–Trinajstić information content (AvgIpc) is 3.68. The summed E-state index contributed by atoms with van der Waals surface area (Å²) < 4.78 is 7.50. The maximum absolute atomic E-state index is 13.2. The van der Waals surface area contributed by atoms with Crippen LogP contribution in [0.4, 0.5) is 5.69 Å². The third-order valence-electron chi connectivity index (χ3n) is 5.90. The van der Waals surface area contributed by atoms with E-state index in [2.05, 4.69) is 26.6 Å². The highest BCUT2D eigenvalue weighted by molar-refractivity contribution is 7.99. The number of amides is 1. The van der Waals surface area contributed by atoms with E-state index in [0.29, 0.717) is 23.3 Å².